The largest absolute Gasteiger partial charge is 0.392 e. The van der Waals surface area contributed by atoms with Crippen LogP contribution in [0.3, 0.4) is 0 Å². The van der Waals surface area contributed by atoms with E-state index < -0.39 is 20.7 Å². The summed E-state index contributed by atoms with van der Waals surface area (Å²) in [4.78, 5) is -0.461. The van der Waals surface area contributed by atoms with E-state index >= 15 is 0 Å². The van der Waals surface area contributed by atoms with Crippen LogP contribution in [0.4, 0.5) is 10.1 Å². The fourth-order valence-corrected chi connectivity index (χ4v) is 2.97. The zero-order chi connectivity index (χ0) is 14.8. The number of aliphatic hydroxyl groups excluding tert-OH is 1. The lowest BCUT2D eigenvalue weighted by molar-refractivity contribution is 0.281. The van der Waals surface area contributed by atoms with E-state index in [1.165, 1.54) is 6.07 Å². The Bertz CT molecular complexity index is 717. The molecule has 0 saturated carbocycles. The summed E-state index contributed by atoms with van der Waals surface area (Å²) < 4.78 is 41.0. The number of halogens is 2. The molecule has 0 aliphatic heterocycles. The van der Waals surface area contributed by atoms with E-state index in [9.17, 15) is 12.8 Å². The van der Waals surface area contributed by atoms with Crippen LogP contribution < -0.4 is 4.72 Å². The van der Waals surface area contributed by atoms with Gasteiger partial charge in [-0.05, 0) is 42.0 Å². The highest BCUT2D eigenvalue weighted by Gasteiger charge is 2.19. The molecule has 0 saturated heterocycles. The third kappa shape index (κ3) is 3.36. The molecule has 0 atom stereocenters. The molecule has 2 aromatic rings. The first-order chi connectivity index (χ1) is 9.42. The summed E-state index contributed by atoms with van der Waals surface area (Å²) in [6, 6.07) is 9.94. The SMILES string of the molecule is O=S(=O)(Nc1ccc(Br)cc1)c1ccc(CO)cc1F. The van der Waals surface area contributed by atoms with Crippen molar-refractivity contribution in [3.8, 4) is 0 Å². The molecule has 0 radical (unpaired) electrons. The molecule has 0 unspecified atom stereocenters. The normalized spacial score (nSPS) is 11.3. The van der Waals surface area contributed by atoms with Gasteiger partial charge in [-0.1, -0.05) is 22.0 Å². The van der Waals surface area contributed by atoms with Gasteiger partial charge < -0.3 is 5.11 Å². The van der Waals surface area contributed by atoms with Crippen LogP contribution in [0.1, 0.15) is 5.56 Å². The molecule has 4 nitrogen and oxygen atoms in total. The van der Waals surface area contributed by atoms with Crippen LogP contribution in [0.25, 0.3) is 0 Å². The predicted octanol–water partition coefficient (Wildman–Crippen LogP) is 2.88. The maximum Gasteiger partial charge on any atom is 0.264 e. The van der Waals surface area contributed by atoms with Crippen molar-refractivity contribution in [1.82, 2.24) is 0 Å². The number of hydrogen-bond donors (Lipinski definition) is 2. The van der Waals surface area contributed by atoms with Gasteiger partial charge in [-0.25, -0.2) is 12.8 Å². The Morgan fingerprint density at radius 3 is 2.35 bits per heavy atom. The van der Waals surface area contributed by atoms with Crippen molar-refractivity contribution in [3.05, 3.63) is 58.3 Å². The minimum atomic E-state index is -4.00. The second-order valence-electron chi connectivity index (χ2n) is 4.04. The molecule has 0 amide bonds. The number of sulfonamides is 1. The first-order valence-electron chi connectivity index (χ1n) is 5.60. The van der Waals surface area contributed by atoms with Crippen LogP contribution in [0.5, 0.6) is 0 Å². The highest BCUT2D eigenvalue weighted by Crippen LogP contribution is 2.21. The van der Waals surface area contributed by atoms with Gasteiger partial charge in [0.05, 0.1) is 6.61 Å². The van der Waals surface area contributed by atoms with Gasteiger partial charge in [0.2, 0.25) is 0 Å². The van der Waals surface area contributed by atoms with E-state index in [1.54, 1.807) is 24.3 Å². The van der Waals surface area contributed by atoms with Crippen molar-refractivity contribution in [2.24, 2.45) is 0 Å². The van der Waals surface area contributed by atoms with Crippen LogP contribution in [0, 0.1) is 5.82 Å². The summed E-state index contributed by atoms with van der Waals surface area (Å²) >= 11 is 3.24. The summed E-state index contributed by atoms with van der Waals surface area (Å²) in [7, 11) is -4.00. The summed E-state index contributed by atoms with van der Waals surface area (Å²) in [5.41, 5.74) is 0.643. The first-order valence-corrected chi connectivity index (χ1v) is 7.87. The van der Waals surface area contributed by atoms with Gasteiger partial charge in [-0.2, -0.15) is 0 Å². The second-order valence-corrected chi connectivity index (χ2v) is 6.60. The van der Waals surface area contributed by atoms with Crippen LogP contribution in [0.15, 0.2) is 51.8 Å². The Morgan fingerprint density at radius 2 is 1.80 bits per heavy atom. The number of rotatable bonds is 4. The average Bonchev–Trinajstić information content (AvgIpc) is 2.40. The zero-order valence-corrected chi connectivity index (χ0v) is 12.6. The van der Waals surface area contributed by atoms with Crippen LogP contribution in [-0.2, 0) is 16.6 Å². The zero-order valence-electron chi connectivity index (χ0n) is 10.2. The Hall–Kier alpha value is -1.44. The predicted molar refractivity (Wildman–Crippen MR) is 77.3 cm³/mol. The maximum absolute atomic E-state index is 13.8. The van der Waals surface area contributed by atoms with Crippen molar-refractivity contribution in [1.29, 1.82) is 0 Å². The van der Waals surface area contributed by atoms with Gasteiger partial charge in [-0.3, -0.25) is 4.72 Å². The molecule has 0 fully saturated rings. The topological polar surface area (TPSA) is 66.4 Å². The molecule has 2 aromatic carbocycles. The van der Waals surface area contributed by atoms with E-state index in [4.69, 9.17) is 5.11 Å². The lowest BCUT2D eigenvalue weighted by atomic mass is 10.2. The van der Waals surface area contributed by atoms with Crippen molar-refractivity contribution in [2.45, 2.75) is 11.5 Å². The lowest BCUT2D eigenvalue weighted by Gasteiger charge is -2.09. The minimum absolute atomic E-state index is 0.310. The fraction of sp³-hybridized carbons (Fsp3) is 0.0769. The molecule has 0 aromatic heterocycles. The third-order valence-electron chi connectivity index (χ3n) is 2.56. The number of aliphatic hydroxyl groups is 1. The van der Waals surface area contributed by atoms with Gasteiger partial charge in [0, 0.05) is 10.2 Å². The Morgan fingerprint density at radius 1 is 1.15 bits per heavy atom. The minimum Gasteiger partial charge on any atom is -0.392 e. The number of anilines is 1. The monoisotopic (exact) mass is 359 g/mol. The van der Waals surface area contributed by atoms with E-state index in [-0.39, 0.29) is 6.61 Å². The van der Waals surface area contributed by atoms with Gasteiger partial charge >= 0.3 is 0 Å². The van der Waals surface area contributed by atoms with Crippen molar-refractivity contribution in [2.75, 3.05) is 4.72 Å². The average molecular weight is 360 g/mol. The van der Waals surface area contributed by atoms with E-state index in [0.29, 0.717) is 11.3 Å². The molecule has 7 heteroatoms. The first kappa shape index (κ1) is 15.0. The molecule has 0 bridgehead atoms. The summed E-state index contributed by atoms with van der Waals surface area (Å²) in [6.07, 6.45) is 0. The number of hydrogen-bond acceptors (Lipinski definition) is 3. The molecule has 0 heterocycles. The summed E-state index contributed by atoms with van der Waals surface area (Å²) in [5, 5.41) is 8.88. The number of nitrogens with one attached hydrogen (secondary N) is 1. The highest BCUT2D eigenvalue weighted by molar-refractivity contribution is 9.10. The molecule has 20 heavy (non-hydrogen) atoms. The number of benzene rings is 2. The van der Waals surface area contributed by atoms with Crippen LogP contribution >= 0.6 is 15.9 Å². The second kappa shape index (κ2) is 5.90. The quantitative estimate of drug-likeness (QED) is 0.881. The fourth-order valence-electron chi connectivity index (χ4n) is 1.59. The summed E-state index contributed by atoms with van der Waals surface area (Å²) in [6.45, 7) is -0.350. The van der Waals surface area contributed by atoms with Gasteiger partial charge in [0.1, 0.15) is 10.7 Å². The van der Waals surface area contributed by atoms with Gasteiger partial charge in [0.25, 0.3) is 10.0 Å². The van der Waals surface area contributed by atoms with Gasteiger partial charge in [0.15, 0.2) is 0 Å². The molecule has 2 rings (SSSR count). The Kier molecular flexibility index (Phi) is 4.42. The van der Waals surface area contributed by atoms with E-state index in [2.05, 4.69) is 20.7 Å². The molecular weight excluding hydrogens is 349 g/mol. The molecule has 0 aliphatic carbocycles. The van der Waals surface area contributed by atoms with E-state index in [1.807, 2.05) is 0 Å². The maximum atomic E-state index is 13.8. The van der Waals surface area contributed by atoms with Crippen molar-refractivity contribution < 1.29 is 17.9 Å². The smallest absolute Gasteiger partial charge is 0.264 e. The van der Waals surface area contributed by atoms with Crippen molar-refractivity contribution in [3.63, 3.8) is 0 Å². The summed E-state index contributed by atoms with van der Waals surface area (Å²) in [5.74, 6) is -0.902. The molecular formula is C13H11BrFNO3S. The third-order valence-corrected chi connectivity index (χ3v) is 4.51. The molecule has 2 N–H and O–H groups in total. The highest BCUT2D eigenvalue weighted by atomic mass is 79.9. The standard InChI is InChI=1S/C13H11BrFNO3S/c14-10-2-4-11(5-3-10)16-20(18,19)13-6-1-9(8-17)7-12(13)15/h1-7,16-17H,8H2. The lowest BCUT2D eigenvalue weighted by Crippen LogP contribution is -2.14. The van der Waals surface area contributed by atoms with E-state index in [0.717, 1.165) is 16.6 Å². The van der Waals surface area contributed by atoms with Gasteiger partial charge in [-0.15, -0.1) is 0 Å². The Balaban J connectivity index is 2.33. The van der Waals surface area contributed by atoms with Crippen LogP contribution in [0.2, 0.25) is 0 Å². The van der Waals surface area contributed by atoms with Crippen LogP contribution in [-0.4, -0.2) is 13.5 Å². The molecule has 106 valence electrons. The molecule has 0 aliphatic rings. The van der Waals surface area contributed by atoms with Crippen molar-refractivity contribution >= 4 is 31.6 Å². The molecule has 0 spiro atoms. The Labute approximate surface area is 124 Å².